The van der Waals surface area contributed by atoms with E-state index in [1.165, 1.54) is 17.9 Å². The summed E-state index contributed by atoms with van der Waals surface area (Å²) in [6.45, 7) is 0. The summed E-state index contributed by atoms with van der Waals surface area (Å²) in [6, 6.07) is 2.24. The third-order valence-electron chi connectivity index (χ3n) is 2.64. The molecular formula is C11H10F2N4O2S2. The van der Waals surface area contributed by atoms with E-state index in [2.05, 4.69) is 9.82 Å². The van der Waals surface area contributed by atoms with Gasteiger partial charge >= 0.3 is 0 Å². The highest BCUT2D eigenvalue weighted by Gasteiger charge is 2.21. The lowest BCUT2D eigenvalue weighted by Crippen LogP contribution is -2.19. The van der Waals surface area contributed by atoms with Gasteiger partial charge < -0.3 is 5.73 Å². The molecule has 21 heavy (non-hydrogen) atoms. The maximum Gasteiger partial charge on any atom is 0.263 e. The van der Waals surface area contributed by atoms with Crippen LogP contribution < -0.4 is 10.5 Å². The first-order valence-corrected chi connectivity index (χ1v) is 7.41. The number of rotatable bonds is 4. The van der Waals surface area contributed by atoms with Gasteiger partial charge in [0.2, 0.25) is 0 Å². The minimum atomic E-state index is -4.13. The number of sulfonamides is 1. The number of hydrogen-bond donors (Lipinski definition) is 2. The molecule has 3 N–H and O–H groups in total. The minimum Gasteiger partial charge on any atom is -0.389 e. The predicted molar refractivity (Wildman–Crippen MR) is 76.3 cm³/mol. The molecule has 112 valence electrons. The van der Waals surface area contributed by atoms with E-state index in [0.29, 0.717) is 6.07 Å². The van der Waals surface area contributed by atoms with Crippen molar-refractivity contribution in [1.82, 2.24) is 9.78 Å². The lowest BCUT2D eigenvalue weighted by molar-refractivity contribution is 0.504. The molecule has 1 aromatic carbocycles. The van der Waals surface area contributed by atoms with Gasteiger partial charge in [0.05, 0.1) is 16.7 Å². The Labute approximate surface area is 124 Å². The van der Waals surface area contributed by atoms with Crippen molar-refractivity contribution < 1.29 is 17.2 Å². The molecule has 0 aliphatic carbocycles. The molecule has 1 aromatic heterocycles. The average molecular weight is 332 g/mol. The molecule has 2 rings (SSSR count). The Morgan fingerprint density at radius 2 is 2.05 bits per heavy atom. The van der Waals surface area contributed by atoms with Gasteiger partial charge in [-0.25, -0.2) is 17.2 Å². The Bertz CT molecular complexity index is 818. The molecule has 0 amide bonds. The quantitative estimate of drug-likeness (QED) is 0.819. The number of halogens is 2. The summed E-state index contributed by atoms with van der Waals surface area (Å²) in [7, 11) is -2.66. The van der Waals surface area contributed by atoms with Crippen LogP contribution in [0.15, 0.2) is 29.3 Å². The van der Waals surface area contributed by atoms with Gasteiger partial charge in [-0.05, 0) is 18.2 Å². The SMILES string of the molecule is Cn1ncc(C(N)=S)c1NS(=O)(=O)c1ccc(F)c(F)c1. The minimum absolute atomic E-state index is 0.0345. The third-order valence-corrected chi connectivity index (χ3v) is 4.19. The van der Waals surface area contributed by atoms with Crippen LogP contribution in [0.2, 0.25) is 0 Å². The molecule has 0 bridgehead atoms. The number of anilines is 1. The summed E-state index contributed by atoms with van der Waals surface area (Å²) in [5.41, 5.74) is 5.68. The zero-order chi connectivity index (χ0) is 15.8. The summed E-state index contributed by atoms with van der Waals surface area (Å²) >= 11 is 4.79. The van der Waals surface area contributed by atoms with Crippen LogP contribution in [-0.2, 0) is 17.1 Å². The van der Waals surface area contributed by atoms with Crippen LogP contribution in [0, 0.1) is 11.6 Å². The standard InChI is InChI=1S/C11H10F2N4O2S2/c1-17-11(7(5-15-17)10(14)20)16-21(18,19)6-2-3-8(12)9(13)4-6/h2-5,16H,1H3,(H2,14,20). The summed E-state index contributed by atoms with van der Waals surface area (Å²) in [6.07, 6.45) is 1.30. The van der Waals surface area contributed by atoms with Gasteiger partial charge in [-0.2, -0.15) is 5.10 Å². The zero-order valence-electron chi connectivity index (χ0n) is 10.7. The lowest BCUT2D eigenvalue weighted by Gasteiger charge is -2.10. The topological polar surface area (TPSA) is 90.0 Å². The molecule has 0 saturated heterocycles. The number of aryl methyl sites for hydroxylation is 1. The number of thiocarbonyl (C=S) groups is 1. The Hall–Kier alpha value is -2.07. The molecule has 0 saturated carbocycles. The van der Waals surface area contributed by atoms with Crippen LogP contribution in [0.5, 0.6) is 0 Å². The van der Waals surface area contributed by atoms with Crippen LogP contribution in [0.1, 0.15) is 5.56 Å². The van der Waals surface area contributed by atoms with Crippen molar-refractivity contribution in [3.05, 3.63) is 41.6 Å². The molecule has 2 aromatic rings. The van der Waals surface area contributed by atoms with Gasteiger partial charge in [0.25, 0.3) is 10.0 Å². The fourth-order valence-corrected chi connectivity index (χ4v) is 2.84. The van der Waals surface area contributed by atoms with E-state index in [4.69, 9.17) is 18.0 Å². The summed E-state index contributed by atoms with van der Waals surface area (Å²) in [5.74, 6) is -2.37. The third kappa shape index (κ3) is 3.00. The smallest absolute Gasteiger partial charge is 0.263 e. The molecule has 6 nitrogen and oxygen atoms in total. The van der Waals surface area contributed by atoms with Gasteiger partial charge in [-0.3, -0.25) is 9.40 Å². The first-order chi connectivity index (χ1) is 9.72. The molecule has 10 heteroatoms. The van der Waals surface area contributed by atoms with Crippen molar-refractivity contribution in [2.45, 2.75) is 4.90 Å². The Morgan fingerprint density at radius 3 is 2.62 bits per heavy atom. The molecule has 0 fully saturated rings. The molecule has 1 heterocycles. The largest absolute Gasteiger partial charge is 0.389 e. The van der Waals surface area contributed by atoms with Crippen LogP contribution in [0.3, 0.4) is 0 Å². The van der Waals surface area contributed by atoms with Gasteiger partial charge in [0.15, 0.2) is 11.6 Å². The second-order valence-electron chi connectivity index (χ2n) is 4.08. The van der Waals surface area contributed by atoms with Crippen molar-refractivity contribution in [2.75, 3.05) is 4.72 Å². The van der Waals surface area contributed by atoms with Gasteiger partial charge in [-0.1, -0.05) is 12.2 Å². The second-order valence-corrected chi connectivity index (χ2v) is 6.20. The maximum atomic E-state index is 13.1. The highest BCUT2D eigenvalue weighted by molar-refractivity contribution is 7.92. The van der Waals surface area contributed by atoms with Crippen molar-refractivity contribution in [2.24, 2.45) is 12.8 Å². The number of nitrogens with zero attached hydrogens (tertiary/aromatic N) is 2. The molecule has 0 radical (unpaired) electrons. The number of benzene rings is 1. The fourth-order valence-electron chi connectivity index (χ4n) is 1.57. The summed E-state index contributed by atoms with van der Waals surface area (Å²) < 4.78 is 53.7. The first-order valence-electron chi connectivity index (χ1n) is 5.52. The van der Waals surface area contributed by atoms with Gasteiger partial charge in [-0.15, -0.1) is 0 Å². The van der Waals surface area contributed by atoms with E-state index < -0.39 is 26.6 Å². The number of nitrogens with one attached hydrogen (secondary N) is 1. The van der Waals surface area contributed by atoms with Crippen molar-refractivity contribution in [3.8, 4) is 0 Å². The number of nitrogens with two attached hydrogens (primary N) is 1. The average Bonchev–Trinajstić information content (AvgIpc) is 2.74. The van der Waals surface area contributed by atoms with E-state index in [1.54, 1.807) is 0 Å². The predicted octanol–water partition coefficient (Wildman–Crippen LogP) is 1.13. The fraction of sp³-hybridized carbons (Fsp3) is 0.0909. The molecule has 0 atom stereocenters. The Morgan fingerprint density at radius 1 is 1.38 bits per heavy atom. The highest BCUT2D eigenvalue weighted by atomic mass is 32.2. The van der Waals surface area contributed by atoms with Crippen molar-refractivity contribution >= 4 is 33.0 Å². The van der Waals surface area contributed by atoms with E-state index >= 15 is 0 Å². The molecule has 0 aliphatic heterocycles. The zero-order valence-corrected chi connectivity index (χ0v) is 12.3. The van der Waals surface area contributed by atoms with E-state index in [1.807, 2.05) is 0 Å². The van der Waals surface area contributed by atoms with E-state index in [0.717, 1.165) is 12.1 Å². The van der Waals surface area contributed by atoms with Gasteiger partial charge in [0, 0.05) is 7.05 Å². The van der Waals surface area contributed by atoms with E-state index in [-0.39, 0.29) is 16.4 Å². The molecule has 0 spiro atoms. The number of aromatic nitrogens is 2. The monoisotopic (exact) mass is 332 g/mol. The highest BCUT2D eigenvalue weighted by Crippen LogP contribution is 2.20. The normalized spacial score (nSPS) is 11.4. The van der Waals surface area contributed by atoms with Crippen molar-refractivity contribution in [1.29, 1.82) is 0 Å². The van der Waals surface area contributed by atoms with E-state index in [9.17, 15) is 17.2 Å². The summed E-state index contributed by atoms with van der Waals surface area (Å²) in [4.78, 5) is -0.484. The Kier molecular flexibility index (Phi) is 3.92. The van der Waals surface area contributed by atoms with Crippen LogP contribution >= 0.6 is 12.2 Å². The Balaban J connectivity index is 2.44. The van der Waals surface area contributed by atoms with Crippen LogP contribution in [0.25, 0.3) is 0 Å². The lowest BCUT2D eigenvalue weighted by atomic mass is 10.3. The molecule has 0 aliphatic rings. The number of hydrogen-bond acceptors (Lipinski definition) is 4. The second kappa shape index (κ2) is 5.37. The first kappa shape index (κ1) is 15.3. The van der Waals surface area contributed by atoms with Crippen LogP contribution in [0.4, 0.5) is 14.6 Å². The summed E-state index contributed by atoms with van der Waals surface area (Å²) in [5, 5.41) is 3.84. The van der Waals surface area contributed by atoms with Crippen LogP contribution in [-0.4, -0.2) is 23.2 Å². The van der Waals surface area contributed by atoms with Crippen molar-refractivity contribution in [3.63, 3.8) is 0 Å². The maximum absolute atomic E-state index is 13.1. The van der Waals surface area contributed by atoms with Gasteiger partial charge in [0.1, 0.15) is 10.8 Å². The molecular weight excluding hydrogens is 322 g/mol. The molecule has 0 unspecified atom stereocenters.